The second-order valence-electron chi connectivity index (χ2n) is 2.69. The fourth-order valence-corrected chi connectivity index (χ4v) is 1.33. The predicted molar refractivity (Wildman–Crippen MR) is 61.1 cm³/mol. The van der Waals surface area contributed by atoms with Gasteiger partial charge in [-0.15, -0.1) is 0 Å². The molecule has 78 valence electrons. The summed E-state index contributed by atoms with van der Waals surface area (Å²) in [4.78, 5) is 18.3. The minimum atomic E-state index is 0.114. The van der Waals surface area contributed by atoms with Gasteiger partial charge in [-0.2, -0.15) is 0 Å². The molecule has 0 aromatic carbocycles. The van der Waals surface area contributed by atoms with Gasteiger partial charge in [-0.3, -0.25) is 4.79 Å². The van der Waals surface area contributed by atoms with Crippen molar-refractivity contribution in [3.63, 3.8) is 0 Å². The third-order valence-electron chi connectivity index (χ3n) is 1.42. The SMILES string of the molecule is CC(=O)SCCC#Cc1ccnc(N)n1. The van der Waals surface area contributed by atoms with Crippen LogP contribution in [0.15, 0.2) is 12.3 Å². The summed E-state index contributed by atoms with van der Waals surface area (Å²) in [5, 5.41) is 0.114. The molecule has 0 atom stereocenters. The van der Waals surface area contributed by atoms with Crippen molar-refractivity contribution in [3.8, 4) is 11.8 Å². The largest absolute Gasteiger partial charge is 0.368 e. The lowest BCUT2D eigenvalue weighted by atomic mass is 10.4. The molecule has 0 spiro atoms. The Morgan fingerprint density at radius 3 is 3.13 bits per heavy atom. The van der Waals surface area contributed by atoms with Gasteiger partial charge in [0, 0.05) is 25.3 Å². The van der Waals surface area contributed by atoms with Gasteiger partial charge in [0.25, 0.3) is 0 Å². The highest BCUT2D eigenvalue weighted by molar-refractivity contribution is 8.13. The molecule has 1 heterocycles. The molecule has 0 aliphatic rings. The average molecular weight is 221 g/mol. The van der Waals surface area contributed by atoms with E-state index in [1.807, 2.05) is 0 Å². The van der Waals surface area contributed by atoms with Crippen LogP contribution in [0.25, 0.3) is 0 Å². The Morgan fingerprint density at radius 2 is 2.47 bits per heavy atom. The molecule has 0 radical (unpaired) electrons. The second-order valence-corrected chi connectivity index (χ2v) is 3.96. The van der Waals surface area contributed by atoms with Gasteiger partial charge in [0.05, 0.1) is 0 Å². The lowest BCUT2D eigenvalue weighted by molar-refractivity contribution is -0.109. The monoisotopic (exact) mass is 221 g/mol. The Balaban J connectivity index is 2.41. The first kappa shape index (κ1) is 11.5. The summed E-state index contributed by atoms with van der Waals surface area (Å²) in [6.07, 6.45) is 2.23. The van der Waals surface area contributed by atoms with E-state index in [2.05, 4.69) is 21.8 Å². The van der Waals surface area contributed by atoms with E-state index in [4.69, 9.17) is 5.73 Å². The first-order valence-electron chi connectivity index (χ1n) is 4.39. The molecular formula is C10H11N3OS. The molecule has 1 rings (SSSR count). The second kappa shape index (κ2) is 6.04. The Kier molecular flexibility index (Phi) is 4.64. The van der Waals surface area contributed by atoms with Crippen LogP contribution in [0.4, 0.5) is 5.95 Å². The molecule has 1 aromatic heterocycles. The maximum Gasteiger partial charge on any atom is 0.221 e. The van der Waals surface area contributed by atoms with Crippen molar-refractivity contribution in [2.45, 2.75) is 13.3 Å². The zero-order valence-electron chi connectivity index (χ0n) is 8.36. The quantitative estimate of drug-likeness (QED) is 0.598. The smallest absolute Gasteiger partial charge is 0.221 e. The van der Waals surface area contributed by atoms with Crippen molar-refractivity contribution in [2.75, 3.05) is 11.5 Å². The maximum absolute atomic E-state index is 10.6. The van der Waals surface area contributed by atoms with E-state index < -0.39 is 0 Å². The Hall–Kier alpha value is -1.54. The van der Waals surface area contributed by atoms with E-state index in [0.29, 0.717) is 17.9 Å². The topological polar surface area (TPSA) is 68.9 Å². The van der Waals surface area contributed by atoms with Crippen LogP contribution in [0.2, 0.25) is 0 Å². The molecule has 5 heteroatoms. The number of carbonyl (C=O) groups is 1. The highest BCUT2D eigenvalue weighted by Crippen LogP contribution is 2.02. The van der Waals surface area contributed by atoms with E-state index in [0.717, 1.165) is 0 Å². The van der Waals surface area contributed by atoms with Crippen LogP contribution in [0.3, 0.4) is 0 Å². The number of anilines is 1. The molecule has 1 aromatic rings. The van der Waals surface area contributed by atoms with Crippen LogP contribution >= 0.6 is 11.8 Å². The molecule has 0 aliphatic carbocycles. The van der Waals surface area contributed by atoms with Crippen molar-refractivity contribution in [3.05, 3.63) is 18.0 Å². The minimum absolute atomic E-state index is 0.114. The Bertz CT molecular complexity index is 409. The van der Waals surface area contributed by atoms with Gasteiger partial charge in [0.2, 0.25) is 5.95 Å². The van der Waals surface area contributed by atoms with E-state index in [9.17, 15) is 4.79 Å². The normalized spacial score (nSPS) is 9.13. The lowest BCUT2D eigenvalue weighted by Gasteiger charge is -1.91. The number of rotatable bonds is 2. The first-order chi connectivity index (χ1) is 7.18. The van der Waals surface area contributed by atoms with Crippen LogP contribution < -0.4 is 5.73 Å². The van der Waals surface area contributed by atoms with Crippen molar-refractivity contribution < 1.29 is 4.79 Å². The van der Waals surface area contributed by atoms with Gasteiger partial charge in [-0.1, -0.05) is 17.7 Å². The predicted octanol–water partition coefficient (Wildman–Crippen LogP) is 1.08. The molecule has 2 N–H and O–H groups in total. The molecule has 0 amide bonds. The van der Waals surface area contributed by atoms with Crippen molar-refractivity contribution in [2.24, 2.45) is 0 Å². The van der Waals surface area contributed by atoms with Gasteiger partial charge < -0.3 is 5.73 Å². The Morgan fingerprint density at radius 1 is 1.67 bits per heavy atom. The van der Waals surface area contributed by atoms with Crippen LogP contribution in [-0.2, 0) is 4.79 Å². The molecule has 0 fully saturated rings. The molecule has 15 heavy (non-hydrogen) atoms. The zero-order valence-corrected chi connectivity index (χ0v) is 9.17. The average Bonchev–Trinajstić information content (AvgIpc) is 2.17. The van der Waals surface area contributed by atoms with Gasteiger partial charge in [0.1, 0.15) is 5.69 Å². The molecule has 0 aliphatic heterocycles. The molecule has 0 unspecified atom stereocenters. The summed E-state index contributed by atoms with van der Waals surface area (Å²) >= 11 is 1.27. The van der Waals surface area contributed by atoms with E-state index in [-0.39, 0.29) is 11.1 Å². The first-order valence-corrected chi connectivity index (χ1v) is 5.38. The van der Waals surface area contributed by atoms with Gasteiger partial charge in [-0.25, -0.2) is 9.97 Å². The van der Waals surface area contributed by atoms with Crippen molar-refractivity contribution in [1.29, 1.82) is 0 Å². The standard InChI is InChI=1S/C10H11N3OS/c1-8(14)15-7-3-2-4-9-5-6-12-10(11)13-9/h5-6H,3,7H2,1H3,(H2,11,12,13). The fraction of sp³-hybridized carbons (Fsp3) is 0.300. The minimum Gasteiger partial charge on any atom is -0.368 e. The summed E-state index contributed by atoms with van der Waals surface area (Å²) in [6.45, 7) is 1.54. The molecule has 0 saturated heterocycles. The van der Waals surface area contributed by atoms with Gasteiger partial charge >= 0.3 is 0 Å². The number of nitrogens with zero attached hydrogens (tertiary/aromatic N) is 2. The molecule has 0 bridgehead atoms. The number of nitrogens with two attached hydrogens (primary N) is 1. The number of aromatic nitrogens is 2. The number of thioether (sulfide) groups is 1. The van der Waals surface area contributed by atoms with Crippen molar-refractivity contribution in [1.82, 2.24) is 9.97 Å². The highest BCUT2D eigenvalue weighted by Gasteiger charge is 1.92. The highest BCUT2D eigenvalue weighted by atomic mass is 32.2. The zero-order chi connectivity index (χ0) is 11.1. The maximum atomic E-state index is 10.6. The van der Waals surface area contributed by atoms with E-state index >= 15 is 0 Å². The van der Waals surface area contributed by atoms with E-state index in [1.165, 1.54) is 11.8 Å². The van der Waals surface area contributed by atoms with Crippen LogP contribution in [0.5, 0.6) is 0 Å². The van der Waals surface area contributed by atoms with E-state index in [1.54, 1.807) is 19.2 Å². The number of hydrogen-bond donors (Lipinski definition) is 1. The third-order valence-corrected chi connectivity index (χ3v) is 2.24. The summed E-state index contributed by atoms with van der Waals surface area (Å²) in [6, 6.07) is 1.70. The fourth-order valence-electron chi connectivity index (χ4n) is 0.842. The van der Waals surface area contributed by atoms with Crippen LogP contribution in [0.1, 0.15) is 19.0 Å². The molecule has 0 saturated carbocycles. The Labute approximate surface area is 92.7 Å². The molecular weight excluding hydrogens is 210 g/mol. The summed E-state index contributed by atoms with van der Waals surface area (Å²) in [7, 11) is 0. The summed E-state index contributed by atoms with van der Waals surface area (Å²) in [5.41, 5.74) is 6.00. The number of nitrogen functional groups attached to an aromatic ring is 1. The summed E-state index contributed by atoms with van der Waals surface area (Å²) < 4.78 is 0. The van der Waals surface area contributed by atoms with Crippen molar-refractivity contribution >= 4 is 22.8 Å². The van der Waals surface area contributed by atoms with Crippen LogP contribution in [-0.4, -0.2) is 20.8 Å². The lowest BCUT2D eigenvalue weighted by Crippen LogP contribution is -1.95. The van der Waals surface area contributed by atoms with Gasteiger partial charge in [0.15, 0.2) is 5.12 Å². The van der Waals surface area contributed by atoms with Gasteiger partial charge in [-0.05, 0) is 12.0 Å². The number of hydrogen-bond acceptors (Lipinski definition) is 5. The number of carbonyl (C=O) groups excluding carboxylic acids is 1. The van der Waals surface area contributed by atoms with Crippen LogP contribution in [0, 0.1) is 11.8 Å². The third kappa shape index (κ3) is 5.03. The summed E-state index contributed by atoms with van der Waals surface area (Å²) in [5.74, 6) is 6.70. The molecule has 4 nitrogen and oxygen atoms in total.